The number of fused-ring (bicyclic) bond motifs is 2. The van der Waals surface area contributed by atoms with Crippen molar-refractivity contribution in [2.24, 2.45) is 0 Å². The van der Waals surface area contributed by atoms with Crippen molar-refractivity contribution in [1.82, 2.24) is 9.97 Å². The van der Waals surface area contributed by atoms with Crippen LogP contribution < -0.4 is 9.47 Å². The number of methoxy groups -OCH3 is 1. The van der Waals surface area contributed by atoms with Crippen molar-refractivity contribution >= 4 is 22.2 Å². The molecule has 0 aliphatic heterocycles. The first kappa shape index (κ1) is 22.2. The largest absolute Gasteiger partial charge is 0.496 e. The molecule has 170 valence electrons. The maximum Gasteiger partial charge on any atom is 0.198 e. The molecule has 2 aromatic carbocycles. The van der Waals surface area contributed by atoms with Crippen LogP contribution in [0.25, 0.3) is 22.2 Å². The van der Waals surface area contributed by atoms with Crippen LogP contribution in [0.1, 0.15) is 68.7 Å². The van der Waals surface area contributed by atoms with E-state index >= 15 is 0 Å². The standard InChI is InChI=1S/C26H32N2O4/c1-14(2)20-17(11-15(3)24-22(20)27-13-31-24)30-10-9-19-28-23-21(26(5,6)7)18(29-8)12-16(4)25(23)32-19/h11-14H,9-10H2,1-8H3. The highest BCUT2D eigenvalue weighted by Crippen LogP contribution is 2.39. The Morgan fingerprint density at radius 2 is 1.69 bits per heavy atom. The molecule has 0 fully saturated rings. The van der Waals surface area contributed by atoms with E-state index in [9.17, 15) is 0 Å². The number of rotatable bonds is 6. The van der Waals surface area contributed by atoms with Crippen molar-refractivity contribution in [1.29, 1.82) is 0 Å². The van der Waals surface area contributed by atoms with E-state index in [1.165, 1.54) is 6.39 Å². The summed E-state index contributed by atoms with van der Waals surface area (Å²) in [7, 11) is 1.70. The van der Waals surface area contributed by atoms with Crippen LogP contribution in [0.15, 0.2) is 27.4 Å². The van der Waals surface area contributed by atoms with Crippen LogP contribution in [0.2, 0.25) is 0 Å². The van der Waals surface area contributed by atoms with Crippen LogP contribution in [0.3, 0.4) is 0 Å². The quantitative estimate of drug-likeness (QED) is 0.337. The van der Waals surface area contributed by atoms with Crippen LogP contribution >= 0.6 is 0 Å². The molecule has 6 heteroatoms. The fourth-order valence-corrected chi connectivity index (χ4v) is 4.34. The number of benzene rings is 2. The molecule has 0 N–H and O–H groups in total. The van der Waals surface area contributed by atoms with Gasteiger partial charge in [-0.2, -0.15) is 0 Å². The number of aromatic nitrogens is 2. The van der Waals surface area contributed by atoms with Gasteiger partial charge in [0.25, 0.3) is 0 Å². The first-order chi connectivity index (χ1) is 15.1. The molecule has 0 aliphatic carbocycles. The van der Waals surface area contributed by atoms with Gasteiger partial charge in [0.2, 0.25) is 0 Å². The van der Waals surface area contributed by atoms with Crippen LogP contribution in [0.4, 0.5) is 0 Å². The van der Waals surface area contributed by atoms with Crippen molar-refractivity contribution < 1.29 is 18.3 Å². The van der Waals surface area contributed by atoms with Gasteiger partial charge >= 0.3 is 0 Å². The molecule has 0 atom stereocenters. The second kappa shape index (κ2) is 8.15. The second-order valence-electron chi connectivity index (χ2n) is 9.69. The number of ether oxygens (including phenoxy) is 2. The first-order valence-corrected chi connectivity index (χ1v) is 11.1. The van der Waals surface area contributed by atoms with Gasteiger partial charge in [-0.25, -0.2) is 9.97 Å². The summed E-state index contributed by atoms with van der Waals surface area (Å²) in [5, 5.41) is 0. The van der Waals surface area contributed by atoms with Gasteiger partial charge in [-0.3, -0.25) is 0 Å². The summed E-state index contributed by atoms with van der Waals surface area (Å²) in [6, 6.07) is 4.06. The lowest BCUT2D eigenvalue weighted by atomic mass is 9.84. The Hall–Kier alpha value is -3.02. The highest BCUT2D eigenvalue weighted by molar-refractivity contribution is 5.84. The molecular weight excluding hydrogens is 404 g/mol. The van der Waals surface area contributed by atoms with Gasteiger partial charge in [0, 0.05) is 11.1 Å². The summed E-state index contributed by atoms with van der Waals surface area (Å²) in [6.45, 7) is 15.2. The third kappa shape index (κ3) is 3.83. The lowest BCUT2D eigenvalue weighted by molar-refractivity contribution is 0.304. The number of nitrogens with zero attached hydrogens (tertiary/aromatic N) is 2. The van der Waals surface area contributed by atoms with Crippen LogP contribution in [-0.4, -0.2) is 23.7 Å². The van der Waals surface area contributed by atoms with Crippen molar-refractivity contribution in [2.45, 2.75) is 66.2 Å². The van der Waals surface area contributed by atoms with Gasteiger partial charge in [0.1, 0.15) is 22.5 Å². The Balaban J connectivity index is 1.64. The predicted octanol–water partition coefficient (Wildman–Crippen LogP) is 6.64. The van der Waals surface area contributed by atoms with E-state index in [4.69, 9.17) is 23.3 Å². The summed E-state index contributed by atoms with van der Waals surface area (Å²) < 4.78 is 23.6. The summed E-state index contributed by atoms with van der Waals surface area (Å²) in [5.74, 6) is 2.60. The van der Waals surface area contributed by atoms with Gasteiger partial charge < -0.3 is 18.3 Å². The normalized spacial score (nSPS) is 12.3. The molecule has 2 heterocycles. The Morgan fingerprint density at radius 1 is 1.00 bits per heavy atom. The van der Waals surface area contributed by atoms with E-state index in [0.29, 0.717) is 18.9 Å². The average molecular weight is 437 g/mol. The second-order valence-corrected chi connectivity index (χ2v) is 9.69. The van der Waals surface area contributed by atoms with Crippen LogP contribution in [0.5, 0.6) is 11.5 Å². The number of hydrogen-bond donors (Lipinski definition) is 0. The Morgan fingerprint density at radius 3 is 2.34 bits per heavy atom. The lowest BCUT2D eigenvalue weighted by Gasteiger charge is -2.22. The number of oxazole rings is 2. The first-order valence-electron chi connectivity index (χ1n) is 11.1. The molecule has 0 saturated carbocycles. The SMILES string of the molecule is COc1cc(C)c2oc(CCOc3cc(C)c4ocnc4c3C(C)C)nc2c1C(C)(C)C. The highest BCUT2D eigenvalue weighted by atomic mass is 16.5. The van der Waals surface area contributed by atoms with E-state index in [-0.39, 0.29) is 11.3 Å². The molecular formula is C26H32N2O4. The lowest BCUT2D eigenvalue weighted by Crippen LogP contribution is -2.14. The Labute approximate surface area is 188 Å². The van der Waals surface area contributed by atoms with E-state index in [2.05, 4.69) is 39.6 Å². The van der Waals surface area contributed by atoms with Gasteiger partial charge in [0.05, 0.1) is 20.1 Å². The zero-order valence-corrected chi connectivity index (χ0v) is 20.3. The third-order valence-corrected chi connectivity index (χ3v) is 5.77. The van der Waals surface area contributed by atoms with E-state index in [0.717, 1.165) is 56.0 Å². The van der Waals surface area contributed by atoms with Crippen LogP contribution in [0, 0.1) is 13.8 Å². The summed E-state index contributed by atoms with van der Waals surface area (Å²) >= 11 is 0. The summed E-state index contributed by atoms with van der Waals surface area (Å²) in [5.41, 5.74) is 7.39. The molecule has 0 radical (unpaired) electrons. The molecule has 0 aliphatic rings. The fourth-order valence-electron chi connectivity index (χ4n) is 4.34. The maximum absolute atomic E-state index is 6.22. The molecule has 2 aromatic heterocycles. The zero-order valence-electron chi connectivity index (χ0n) is 20.3. The maximum atomic E-state index is 6.22. The molecule has 0 spiro atoms. The monoisotopic (exact) mass is 436 g/mol. The fraction of sp³-hybridized carbons (Fsp3) is 0.462. The molecule has 4 aromatic rings. The van der Waals surface area contributed by atoms with Crippen LogP contribution in [-0.2, 0) is 11.8 Å². The highest BCUT2D eigenvalue weighted by Gasteiger charge is 2.26. The van der Waals surface area contributed by atoms with Crippen molar-refractivity contribution in [3.63, 3.8) is 0 Å². The number of hydrogen-bond acceptors (Lipinski definition) is 6. The predicted molar refractivity (Wildman–Crippen MR) is 126 cm³/mol. The molecule has 32 heavy (non-hydrogen) atoms. The molecule has 4 rings (SSSR count). The molecule has 0 amide bonds. The minimum absolute atomic E-state index is 0.126. The zero-order chi connectivity index (χ0) is 23.2. The van der Waals surface area contributed by atoms with E-state index in [1.807, 2.05) is 26.0 Å². The molecule has 0 bridgehead atoms. The smallest absolute Gasteiger partial charge is 0.198 e. The van der Waals surface area contributed by atoms with Crippen molar-refractivity contribution in [2.75, 3.05) is 13.7 Å². The summed E-state index contributed by atoms with van der Waals surface area (Å²) in [4.78, 5) is 9.27. The Bertz CT molecular complexity index is 1270. The topological polar surface area (TPSA) is 70.5 Å². The van der Waals surface area contributed by atoms with Crippen molar-refractivity contribution in [3.05, 3.63) is 46.7 Å². The van der Waals surface area contributed by atoms with Gasteiger partial charge in [0.15, 0.2) is 23.5 Å². The third-order valence-electron chi connectivity index (χ3n) is 5.77. The van der Waals surface area contributed by atoms with E-state index in [1.54, 1.807) is 7.11 Å². The minimum atomic E-state index is -0.126. The number of aryl methyl sites for hydroxylation is 2. The van der Waals surface area contributed by atoms with Gasteiger partial charge in [-0.05, 0) is 48.4 Å². The minimum Gasteiger partial charge on any atom is -0.496 e. The molecule has 6 nitrogen and oxygen atoms in total. The average Bonchev–Trinajstić information content (AvgIpc) is 3.34. The van der Waals surface area contributed by atoms with E-state index < -0.39 is 0 Å². The van der Waals surface area contributed by atoms with Gasteiger partial charge in [-0.1, -0.05) is 34.6 Å². The van der Waals surface area contributed by atoms with Gasteiger partial charge in [-0.15, -0.1) is 0 Å². The summed E-state index contributed by atoms with van der Waals surface area (Å²) in [6.07, 6.45) is 2.06. The van der Waals surface area contributed by atoms with Crippen molar-refractivity contribution in [3.8, 4) is 11.5 Å². The molecule has 0 unspecified atom stereocenters. The Kier molecular flexibility index (Phi) is 5.65. The molecule has 0 saturated heterocycles.